The van der Waals surface area contributed by atoms with Gasteiger partial charge in [-0.25, -0.2) is 4.39 Å². The topological polar surface area (TPSA) is 27.7 Å². The maximum Gasteiger partial charge on any atom is 0.573 e. The summed E-state index contributed by atoms with van der Waals surface area (Å²) in [6.45, 7) is 3.15. The van der Waals surface area contributed by atoms with Crippen LogP contribution in [-0.2, 0) is 9.31 Å². The highest BCUT2D eigenvalue weighted by Gasteiger charge is 2.34. The van der Waals surface area contributed by atoms with E-state index in [1.165, 1.54) is 25.3 Å². The van der Waals surface area contributed by atoms with Gasteiger partial charge in [-0.1, -0.05) is 38.7 Å². The lowest BCUT2D eigenvalue weighted by molar-refractivity contribution is -0.275. The van der Waals surface area contributed by atoms with Crippen LogP contribution in [0.2, 0.25) is 0 Å². The minimum atomic E-state index is -4.93. The van der Waals surface area contributed by atoms with Gasteiger partial charge in [0.25, 0.3) is 0 Å². The Bertz CT molecular complexity index is 517. The molecule has 0 amide bonds. The van der Waals surface area contributed by atoms with E-state index in [1.54, 1.807) is 0 Å². The fraction of sp³-hybridized carbons (Fsp3) is 0.625. The van der Waals surface area contributed by atoms with Crippen molar-refractivity contribution in [1.29, 1.82) is 0 Å². The fourth-order valence-electron chi connectivity index (χ4n) is 2.63. The zero-order chi connectivity index (χ0) is 17.6. The average Bonchev–Trinajstić information content (AvgIpc) is 2.53. The van der Waals surface area contributed by atoms with Gasteiger partial charge < -0.3 is 14.0 Å². The van der Waals surface area contributed by atoms with Gasteiger partial charge >= 0.3 is 13.5 Å². The molecular formula is C16H21BF4O3. The molecule has 0 aliphatic carbocycles. The number of unbranched alkanes of at least 4 members (excludes halogenated alkanes) is 3. The Balaban J connectivity index is 1.84. The van der Waals surface area contributed by atoms with Crippen molar-refractivity contribution >= 4 is 12.6 Å². The highest BCUT2D eigenvalue weighted by Crippen LogP contribution is 2.25. The lowest BCUT2D eigenvalue weighted by atomic mass is 9.77. The molecule has 1 heterocycles. The first-order chi connectivity index (χ1) is 11.4. The maximum absolute atomic E-state index is 13.7. The molecule has 1 aliphatic rings. The molecule has 0 atom stereocenters. The van der Waals surface area contributed by atoms with E-state index in [1.807, 2.05) is 0 Å². The van der Waals surface area contributed by atoms with Gasteiger partial charge in [-0.2, -0.15) is 0 Å². The lowest BCUT2D eigenvalue weighted by Crippen LogP contribution is -2.44. The van der Waals surface area contributed by atoms with Gasteiger partial charge in [-0.3, -0.25) is 0 Å². The quantitative estimate of drug-likeness (QED) is 0.423. The van der Waals surface area contributed by atoms with Crippen LogP contribution < -0.4 is 10.2 Å². The molecule has 2 rings (SSSR count). The van der Waals surface area contributed by atoms with Crippen LogP contribution in [0, 0.1) is 11.7 Å². The van der Waals surface area contributed by atoms with Gasteiger partial charge in [-0.15, -0.1) is 13.2 Å². The van der Waals surface area contributed by atoms with Gasteiger partial charge in [-0.05, 0) is 24.0 Å². The summed E-state index contributed by atoms with van der Waals surface area (Å²) in [7, 11) is -0.758. The normalized spacial score (nSPS) is 16.5. The van der Waals surface area contributed by atoms with Crippen molar-refractivity contribution in [1.82, 2.24) is 0 Å². The minimum absolute atomic E-state index is 0.302. The number of halogens is 4. The molecule has 8 heteroatoms. The smallest absolute Gasteiger partial charge is 0.407 e. The molecule has 1 aliphatic heterocycles. The first-order valence-electron chi connectivity index (χ1n) is 8.17. The third-order valence-corrected chi connectivity index (χ3v) is 3.89. The largest absolute Gasteiger partial charge is 0.573 e. The first-order valence-corrected chi connectivity index (χ1v) is 8.17. The van der Waals surface area contributed by atoms with Crippen molar-refractivity contribution in [3.05, 3.63) is 24.0 Å². The van der Waals surface area contributed by atoms with Gasteiger partial charge in [0.15, 0.2) is 11.6 Å². The van der Waals surface area contributed by atoms with E-state index in [4.69, 9.17) is 9.31 Å². The summed E-state index contributed by atoms with van der Waals surface area (Å²) in [5, 5.41) is 0. The summed E-state index contributed by atoms with van der Waals surface area (Å²) in [5.74, 6) is -1.66. The molecule has 1 aromatic carbocycles. The number of ether oxygens (including phenoxy) is 1. The first kappa shape index (κ1) is 19.1. The van der Waals surface area contributed by atoms with Gasteiger partial charge in [0.2, 0.25) is 0 Å². The van der Waals surface area contributed by atoms with E-state index in [0.29, 0.717) is 24.6 Å². The molecule has 0 N–H and O–H groups in total. The van der Waals surface area contributed by atoms with E-state index in [9.17, 15) is 17.6 Å². The van der Waals surface area contributed by atoms with Crippen LogP contribution in [0.15, 0.2) is 18.2 Å². The van der Waals surface area contributed by atoms with Crippen molar-refractivity contribution in [3.8, 4) is 5.75 Å². The van der Waals surface area contributed by atoms with Crippen LogP contribution in [0.1, 0.15) is 39.0 Å². The van der Waals surface area contributed by atoms with Crippen molar-refractivity contribution in [3.63, 3.8) is 0 Å². The van der Waals surface area contributed by atoms with Crippen LogP contribution in [0.25, 0.3) is 0 Å². The summed E-state index contributed by atoms with van der Waals surface area (Å²) in [6.07, 6.45) is 0.781. The Morgan fingerprint density at radius 1 is 1.17 bits per heavy atom. The molecule has 0 radical (unpaired) electrons. The van der Waals surface area contributed by atoms with E-state index in [-0.39, 0.29) is 0 Å². The van der Waals surface area contributed by atoms with Crippen LogP contribution in [0.5, 0.6) is 5.75 Å². The molecule has 1 aromatic rings. The lowest BCUT2D eigenvalue weighted by Gasteiger charge is -2.27. The summed E-state index contributed by atoms with van der Waals surface area (Å²) in [6, 6.07) is 3.20. The zero-order valence-corrected chi connectivity index (χ0v) is 13.6. The molecule has 1 fully saturated rings. The summed E-state index contributed by atoms with van der Waals surface area (Å²) in [4.78, 5) is 0. The number of hydrogen-bond donors (Lipinski definition) is 0. The molecule has 0 unspecified atom stereocenters. The van der Waals surface area contributed by atoms with Gasteiger partial charge in [0.05, 0.1) is 0 Å². The summed E-state index contributed by atoms with van der Waals surface area (Å²) < 4.78 is 64.9. The molecule has 0 bridgehead atoms. The van der Waals surface area contributed by atoms with E-state index >= 15 is 0 Å². The molecule has 3 nitrogen and oxygen atoms in total. The zero-order valence-electron chi connectivity index (χ0n) is 13.6. The second-order valence-electron chi connectivity index (χ2n) is 5.95. The number of hydrogen-bond acceptors (Lipinski definition) is 3. The molecule has 1 saturated heterocycles. The average molecular weight is 348 g/mol. The van der Waals surface area contributed by atoms with E-state index < -0.39 is 25.0 Å². The SMILES string of the molecule is CCCCCCC1COB(c2ccc(OC(F)(F)F)c(F)c2)OC1. The Morgan fingerprint density at radius 3 is 2.46 bits per heavy atom. The third kappa shape index (κ3) is 5.98. The number of benzene rings is 1. The fourth-order valence-corrected chi connectivity index (χ4v) is 2.63. The second-order valence-corrected chi connectivity index (χ2v) is 5.95. The minimum Gasteiger partial charge on any atom is -0.407 e. The molecule has 0 saturated carbocycles. The highest BCUT2D eigenvalue weighted by atomic mass is 19.4. The second kappa shape index (κ2) is 8.71. The summed E-state index contributed by atoms with van der Waals surface area (Å²) >= 11 is 0. The van der Waals surface area contributed by atoms with Gasteiger partial charge in [0, 0.05) is 19.1 Å². The molecule has 0 spiro atoms. The molecule has 0 aromatic heterocycles. The Hall–Kier alpha value is -1.28. The predicted molar refractivity (Wildman–Crippen MR) is 82.6 cm³/mol. The Morgan fingerprint density at radius 2 is 1.88 bits per heavy atom. The van der Waals surface area contributed by atoms with Gasteiger partial charge in [0.1, 0.15) is 0 Å². The van der Waals surface area contributed by atoms with Crippen LogP contribution in [0.3, 0.4) is 0 Å². The third-order valence-electron chi connectivity index (χ3n) is 3.89. The van der Waals surface area contributed by atoms with Crippen molar-refractivity contribution < 1.29 is 31.6 Å². The van der Waals surface area contributed by atoms with Crippen molar-refractivity contribution in [2.75, 3.05) is 13.2 Å². The number of alkyl halides is 3. The van der Waals surface area contributed by atoms with Crippen molar-refractivity contribution in [2.24, 2.45) is 5.92 Å². The molecule has 134 valence electrons. The number of rotatable bonds is 7. The van der Waals surface area contributed by atoms with E-state index in [0.717, 1.165) is 25.0 Å². The van der Waals surface area contributed by atoms with E-state index in [2.05, 4.69) is 11.7 Å². The highest BCUT2D eigenvalue weighted by molar-refractivity contribution is 6.61. The maximum atomic E-state index is 13.7. The Kier molecular flexibility index (Phi) is 6.92. The molecule has 24 heavy (non-hydrogen) atoms. The standard InChI is InChI=1S/C16H21BF4O3/c1-2-3-4-5-6-12-10-22-17(23-11-12)13-7-8-15(14(18)9-13)24-16(19,20)21/h7-9,12H,2-6,10-11H2,1H3. The molecular weight excluding hydrogens is 327 g/mol. The van der Waals surface area contributed by atoms with Crippen LogP contribution in [0.4, 0.5) is 17.6 Å². The van der Waals surface area contributed by atoms with Crippen molar-refractivity contribution in [2.45, 2.75) is 45.4 Å². The van der Waals surface area contributed by atoms with Crippen LogP contribution >= 0.6 is 0 Å². The van der Waals surface area contributed by atoms with Crippen LogP contribution in [-0.4, -0.2) is 26.7 Å². The predicted octanol–water partition coefficient (Wildman–Crippen LogP) is 4.05. The monoisotopic (exact) mass is 348 g/mol. The Labute approximate surface area is 139 Å². The summed E-state index contributed by atoms with van der Waals surface area (Å²) in [5.41, 5.74) is 0.339.